The van der Waals surface area contributed by atoms with Crippen molar-refractivity contribution in [2.45, 2.75) is 19.4 Å². The van der Waals surface area contributed by atoms with Crippen LogP contribution in [-0.4, -0.2) is 29.9 Å². The van der Waals surface area contributed by atoms with Crippen molar-refractivity contribution in [3.8, 4) is 0 Å². The van der Waals surface area contributed by atoms with E-state index in [1.54, 1.807) is 11.0 Å². The summed E-state index contributed by atoms with van der Waals surface area (Å²) >= 11 is 13.1. The number of halogens is 3. The van der Waals surface area contributed by atoms with Crippen LogP contribution in [0.3, 0.4) is 0 Å². The van der Waals surface area contributed by atoms with Gasteiger partial charge in [-0.1, -0.05) is 30.1 Å². The molecule has 1 saturated heterocycles. The summed E-state index contributed by atoms with van der Waals surface area (Å²) in [6.45, 7) is 3.43. The second kappa shape index (κ2) is 6.44. The Morgan fingerprint density at radius 2 is 2.22 bits per heavy atom. The number of likely N-dealkylation sites (tertiary alicyclic amines) is 1. The normalized spacial score (nSPS) is 23.7. The zero-order valence-corrected chi connectivity index (χ0v) is 13.0. The van der Waals surface area contributed by atoms with Gasteiger partial charge in [-0.2, -0.15) is 0 Å². The summed E-state index contributed by atoms with van der Waals surface area (Å²) in [5.41, 5.74) is 6.43. The highest BCUT2D eigenvalue weighted by atomic mass is 35.5. The lowest BCUT2D eigenvalue weighted by Crippen LogP contribution is -2.48. The fourth-order valence-electron chi connectivity index (χ4n) is 2.00. The van der Waals surface area contributed by atoms with Crippen LogP contribution in [0.5, 0.6) is 0 Å². The summed E-state index contributed by atoms with van der Waals surface area (Å²) in [5, 5.41) is 0. The van der Waals surface area contributed by atoms with Crippen LogP contribution in [0.1, 0.15) is 23.7 Å². The molecule has 0 aliphatic carbocycles. The molecule has 0 bridgehead atoms. The molecular weight excluding hydrogens is 315 g/mol. The van der Waals surface area contributed by atoms with Gasteiger partial charge in [-0.3, -0.25) is 4.79 Å². The molecule has 1 aromatic rings. The van der Waals surface area contributed by atoms with Crippen molar-refractivity contribution in [3.63, 3.8) is 0 Å². The molecule has 18 heavy (non-hydrogen) atoms. The minimum atomic E-state index is -0.0445. The maximum atomic E-state index is 12.2. The Balaban J connectivity index is 0.00000162. The summed E-state index contributed by atoms with van der Waals surface area (Å²) in [6, 6.07) is 1.82. The molecule has 102 valence electrons. The molecular formula is C11H15Cl3N2OS. The van der Waals surface area contributed by atoms with Crippen LogP contribution in [0.15, 0.2) is 6.07 Å². The first-order valence-electron chi connectivity index (χ1n) is 5.48. The van der Waals surface area contributed by atoms with E-state index in [9.17, 15) is 4.79 Å². The van der Waals surface area contributed by atoms with E-state index in [1.165, 1.54) is 11.3 Å². The molecule has 1 aliphatic heterocycles. The molecule has 2 unspecified atom stereocenters. The third kappa shape index (κ3) is 3.31. The van der Waals surface area contributed by atoms with Crippen LogP contribution in [-0.2, 0) is 0 Å². The Morgan fingerprint density at radius 1 is 1.56 bits per heavy atom. The lowest BCUT2D eigenvalue weighted by molar-refractivity contribution is 0.0665. The Bertz CT molecular complexity index is 438. The van der Waals surface area contributed by atoms with Crippen LogP contribution >= 0.6 is 46.9 Å². The lowest BCUT2D eigenvalue weighted by Gasteiger charge is -2.35. The first-order valence-corrected chi connectivity index (χ1v) is 7.06. The van der Waals surface area contributed by atoms with Crippen molar-refractivity contribution in [3.05, 3.63) is 20.3 Å². The van der Waals surface area contributed by atoms with Crippen LogP contribution < -0.4 is 5.73 Å². The number of thiophene rings is 1. The number of hydrogen-bond acceptors (Lipinski definition) is 3. The maximum absolute atomic E-state index is 12.2. The molecule has 7 heteroatoms. The van der Waals surface area contributed by atoms with E-state index in [2.05, 4.69) is 6.92 Å². The van der Waals surface area contributed by atoms with Crippen molar-refractivity contribution in [2.75, 3.05) is 13.1 Å². The fourth-order valence-corrected chi connectivity index (χ4v) is 3.45. The zero-order chi connectivity index (χ0) is 12.6. The summed E-state index contributed by atoms with van der Waals surface area (Å²) in [5.74, 6) is 0.275. The predicted molar refractivity (Wildman–Crippen MR) is 79.2 cm³/mol. The smallest absolute Gasteiger partial charge is 0.256 e. The largest absolute Gasteiger partial charge is 0.338 e. The molecule has 1 aromatic heterocycles. The van der Waals surface area contributed by atoms with Gasteiger partial charge in [0.05, 0.1) is 9.90 Å². The predicted octanol–water partition coefficient (Wildman–Crippen LogP) is 3.29. The van der Waals surface area contributed by atoms with Gasteiger partial charge >= 0.3 is 0 Å². The van der Waals surface area contributed by atoms with Crippen molar-refractivity contribution in [2.24, 2.45) is 11.7 Å². The van der Waals surface area contributed by atoms with Crippen molar-refractivity contribution in [1.82, 2.24) is 4.90 Å². The third-order valence-corrected chi connectivity index (χ3v) is 4.63. The number of nitrogens with two attached hydrogens (primary N) is 1. The molecule has 2 atom stereocenters. The first-order chi connectivity index (χ1) is 7.99. The minimum absolute atomic E-state index is 0. The fraction of sp³-hybridized carbons (Fsp3) is 0.545. The first kappa shape index (κ1) is 16.1. The summed E-state index contributed by atoms with van der Waals surface area (Å²) < 4.78 is 1.00. The molecule has 1 fully saturated rings. The molecule has 1 aliphatic rings. The average Bonchev–Trinajstić information content (AvgIpc) is 2.61. The molecule has 2 N–H and O–H groups in total. The van der Waals surface area contributed by atoms with Gasteiger partial charge in [0, 0.05) is 19.1 Å². The van der Waals surface area contributed by atoms with E-state index >= 15 is 0 Å². The summed E-state index contributed by atoms with van der Waals surface area (Å²) in [7, 11) is 0. The van der Waals surface area contributed by atoms with Gasteiger partial charge in [0.1, 0.15) is 4.34 Å². The summed E-state index contributed by atoms with van der Waals surface area (Å²) in [4.78, 5) is 14.0. The quantitative estimate of drug-likeness (QED) is 0.859. The average molecular weight is 330 g/mol. The van der Waals surface area contributed by atoms with E-state index in [0.29, 0.717) is 33.2 Å². The van der Waals surface area contributed by atoms with Gasteiger partial charge in [0.25, 0.3) is 5.91 Å². The number of nitrogens with zero attached hydrogens (tertiary/aromatic N) is 1. The number of carbonyl (C=O) groups is 1. The van der Waals surface area contributed by atoms with Gasteiger partial charge in [-0.05, 0) is 18.4 Å². The molecule has 0 radical (unpaired) electrons. The Morgan fingerprint density at radius 3 is 2.72 bits per heavy atom. The molecule has 2 heterocycles. The number of hydrogen-bond donors (Lipinski definition) is 1. The topological polar surface area (TPSA) is 46.3 Å². The molecule has 1 amide bonds. The molecule has 3 nitrogen and oxygen atoms in total. The SMILES string of the molecule is CC1CN(C(=O)c2cc(Cl)sc2Cl)CCC1N.Cl. The number of amides is 1. The van der Waals surface area contributed by atoms with Gasteiger partial charge in [-0.15, -0.1) is 23.7 Å². The van der Waals surface area contributed by atoms with Crippen LogP contribution in [0, 0.1) is 5.92 Å². The highest BCUT2D eigenvalue weighted by molar-refractivity contribution is 7.20. The highest BCUT2D eigenvalue weighted by Crippen LogP contribution is 2.32. The summed E-state index contributed by atoms with van der Waals surface area (Å²) in [6.07, 6.45) is 0.836. The Kier molecular flexibility index (Phi) is 5.74. The van der Waals surface area contributed by atoms with Crippen LogP contribution in [0.25, 0.3) is 0 Å². The standard InChI is InChI=1S/C11H14Cl2N2OS.ClH/c1-6-5-15(3-2-8(6)14)11(16)7-4-9(12)17-10(7)13;/h4,6,8H,2-3,5,14H2,1H3;1H. The lowest BCUT2D eigenvalue weighted by atomic mass is 9.94. The van der Waals surface area contributed by atoms with E-state index in [1.807, 2.05) is 0 Å². The minimum Gasteiger partial charge on any atom is -0.338 e. The molecule has 0 saturated carbocycles. The van der Waals surface area contributed by atoms with E-state index in [-0.39, 0.29) is 24.4 Å². The van der Waals surface area contributed by atoms with E-state index in [0.717, 1.165) is 6.42 Å². The molecule has 0 spiro atoms. The third-order valence-electron chi connectivity index (χ3n) is 3.15. The van der Waals surface area contributed by atoms with Crippen molar-refractivity contribution < 1.29 is 4.79 Å². The van der Waals surface area contributed by atoms with Crippen LogP contribution in [0.4, 0.5) is 0 Å². The highest BCUT2D eigenvalue weighted by Gasteiger charge is 2.28. The molecule has 0 aromatic carbocycles. The monoisotopic (exact) mass is 328 g/mol. The van der Waals surface area contributed by atoms with E-state index < -0.39 is 0 Å². The second-order valence-corrected chi connectivity index (χ2v) is 6.70. The van der Waals surface area contributed by atoms with Crippen molar-refractivity contribution >= 4 is 52.9 Å². The maximum Gasteiger partial charge on any atom is 0.256 e. The van der Waals surface area contributed by atoms with Gasteiger partial charge in [-0.25, -0.2) is 0 Å². The van der Waals surface area contributed by atoms with Gasteiger partial charge in [0.15, 0.2) is 0 Å². The molecule has 2 rings (SSSR count). The number of carbonyl (C=O) groups excluding carboxylic acids is 1. The zero-order valence-electron chi connectivity index (χ0n) is 9.86. The second-order valence-electron chi connectivity index (χ2n) is 4.42. The Labute approximate surface area is 127 Å². The number of piperidine rings is 1. The van der Waals surface area contributed by atoms with Crippen LogP contribution in [0.2, 0.25) is 8.67 Å². The van der Waals surface area contributed by atoms with Crippen molar-refractivity contribution in [1.29, 1.82) is 0 Å². The van der Waals surface area contributed by atoms with Gasteiger partial charge < -0.3 is 10.6 Å². The van der Waals surface area contributed by atoms with Gasteiger partial charge in [0.2, 0.25) is 0 Å². The Hall–Kier alpha value is -0.000000000000000167. The van der Waals surface area contributed by atoms with E-state index in [4.69, 9.17) is 28.9 Å². The number of rotatable bonds is 1.